The molecule has 0 unspecified atom stereocenters. The van der Waals surface area contributed by atoms with Gasteiger partial charge in [-0.1, -0.05) is 5.16 Å². The van der Waals surface area contributed by atoms with Crippen LogP contribution in [0.2, 0.25) is 0 Å². The third-order valence-electron chi connectivity index (χ3n) is 0.943. The lowest BCUT2D eigenvalue weighted by atomic mass is 10.4. The van der Waals surface area contributed by atoms with E-state index in [0.717, 1.165) is 0 Å². The summed E-state index contributed by atoms with van der Waals surface area (Å²) in [6.07, 6.45) is 0. The first-order valence-corrected chi connectivity index (χ1v) is 3.09. The second-order valence-electron chi connectivity index (χ2n) is 1.68. The minimum atomic E-state index is -0.611. The molecule has 0 aromatic carbocycles. The highest BCUT2D eigenvalue weighted by molar-refractivity contribution is 6.16. The van der Waals surface area contributed by atoms with E-state index in [1.54, 1.807) is 0 Å². The maximum Gasteiger partial charge on any atom is 0.270 e. The second kappa shape index (κ2) is 2.70. The van der Waals surface area contributed by atoms with Crippen molar-refractivity contribution in [2.75, 3.05) is 0 Å². The fraction of sp³-hybridized carbons (Fsp3) is 0.200. The van der Waals surface area contributed by atoms with Gasteiger partial charge in [0.1, 0.15) is 0 Å². The third-order valence-corrected chi connectivity index (χ3v) is 1.21. The zero-order valence-electron chi connectivity index (χ0n) is 5.00. The summed E-state index contributed by atoms with van der Waals surface area (Å²) in [4.78, 5) is 10.4. The van der Waals surface area contributed by atoms with Crippen LogP contribution in [0.5, 0.6) is 0 Å². The smallest absolute Gasteiger partial charge is 0.270 e. The van der Waals surface area contributed by atoms with Crippen LogP contribution in [0.3, 0.4) is 0 Å². The zero-order chi connectivity index (χ0) is 7.56. The van der Waals surface area contributed by atoms with Gasteiger partial charge in [0, 0.05) is 6.07 Å². The van der Waals surface area contributed by atoms with E-state index >= 15 is 0 Å². The number of alkyl halides is 1. The molecule has 4 nitrogen and oxygen atoms in total. The van der Waals surface area contributed by atoms with Gasteiger partial charge in [0.05, 0.1) is 5.88 Å². The van der Waals surface area contributed by atoms with Crippen molar-refractivity contribution in [1.29, 1.82) is 0 Å². The molecule has 0 bridgehead atoms. The summed E-state index contributed by atoms with van der Waals surface area (Å²) < 4.78 is 4.59. The number of aromatic nitrogens is 1. The molecule has 0 aliphatic rings. The fourth-order valence-electron chi connectivity index (χ4n) is 0.492. The van der Waals surface area contributed by atoms with Crippen LogP contribution in [0, 0.1) is 0 Å². The van der Waals surface area contributed by atoms with E-state index in [-0.39, 0.29) is 11.6 Å². The lowest BCUT2D eigenvalue weighted by Crippen LogP contribution is -2.10. The third kappa shape index (κ3) is 1.27. The first-order chi connectivity index (χ1) is 4.74. The van der Waals surface area contributed by atoms with Gasteiger partial charge in [-0.25, -0.2) is 0 Å². The van der Waals surface area contributed by atoms with E-state index in [2.05, 4.69) is 9.68 Å². The van der Waals surface area contributed by atoms with Crippen LogP contribution >= 0.6 is 11.6 Å². The summed E-state index contributed by atoms with van der Waals surface area (Å²) in [6, 6.07) is 1.41. The topological polar surface area (TPSA) is 69.1 Å². The Balaban J connectivity index is 2.88. The van der Waals surface area contributed by atoms with E-state index < -0.39 is 5.91 Å². The van der Waals surface area contributed by atoms with Crippen molar-refractivity contribution in [2.45, 2.75) is 5.88 Å². The molecular weight excluding hydrogens is 156 g/mol. The van der Waals surface area contributed by atoms with Crippen molar-refractivity contribution >= 4 is 17.5 Å². The maximum atomic E-state index is 10.4. The summed E-state index contributed by atoms with van der Waals surface area (Å²) in [5.74, 6) is 0.0240. The van der Waals surface area contributed by atoms with Crippen molar-refractivity contribution in [2.24, 2.45) is 5.73 Å². The number of amides is 1. The van der Waals surface area contributed by atoms with Gasteiger partial charge in [0.25, 0.3) is 5.91 Å². The van der Waals surface area contributed by atoms with Crippen molar-refractivity contribution < 1.29 is 9.32 Å². The molecule has 1 aromatic heterocycles. The molecule has 0 aliphatic heterocycles. The molecule has 0 saturated heterocycles. The molecule has 54 valence electrons. The fourth-order valence-corrected chi connectivity index (χ4v) is 0.618. The molecular formula is C5H5ClN2O2. The summed E-state index contributed by atoms with van der Waals surface area (Å²) in [6.45, 7) is 0. The Morgan fingerprint density at radius 2 is 2.60 bits per heavy atom. The number of rotatable bonds is 2. The maximum absolute atomic E-state index is 10.4. The number of hydrogen-bond acceptors (Lipinski definition) is 3. The van der Waals surface area contributed by atoms with Crippen LogP contribution in [0.15, 0.2) is 10.6 Å². The van der Waals surface area contributed by atoms with Gasteiger partial charge >= 0.3 is 0 Å². The summed E-state index contributed by atoms with van der Waals surface area (Å²) >= 11 is 5.36. The highest BCUT2D eigenvalue weighted by Crippen LogP contribution is 2.04. The number of halogens is 1. The van der Waals surface area contributed by atoms with Crippen LogP contribution in [0.25, 0.3) is 0 Å². The summed E-state index contributed by atoms with van der Waals surface area (Å²) in [7, 11) is 0. The van der Waals surface area contributed by atoms with Crippen LogP contribution in [-0.2, 0) is 5.88 Å². The van der Waals surface area contributed by atoms with Crippen molar-refractivity contribution in [3.63, 3.8) is 0 Å². The van der Waals surface area contributed by atoms with Crippen LogP contribution in [0.1, 0.15) is 16.2 Å². The van der Waals surface area contributed by atoms with E-state index in [4.69, 9.17) is 17.3 Å². The van der Waals surface area contributed by atoms with Crippen molar-refractivity contribution in [3.05, 3.63) is 17.5 Å². The average molecular weight is 161 g/mol. The Morgan fingerprint density at radius 3 is 2.90 bits per heavy atom. The number of hydrogen-bond donors (Lipinski definition) is 1. The molecule has 0 aliphatic carbocycles. The van der Waals surface area contributed by atoms with E-state index in [0.29, 0.717) is 5.76 Å². The molecule has 1 rings (SSSR count). The highest BCUT2D eigenvalue weighted by atomic mass is 35.5. The van der Waals surface area contributed by atoms with Crippen molar-refractivity contribution in [3.8, 4) is 0 Å². The molecule has 1 amide bonds. The predicted molar refractivity (Wildman–Crippen MR) is 34.6 cm³/mol. The number of primary amides is 1. The first kappa shape index (κ1) is 7.08. The van der Waals surface area contributed by atoms with Crippen LogP contribution in [0.4, 0.5) is 0 Å². The van der Waals surface area contributed by atoms with Gasteiger partial charge in [-0.3, -0.25) is 4.79 Å². The van der Waals surface area contributed by atoms with E-state index in [1.165, 1.54) is 6.07 Å². The molecule has 2 N–H and O–H groups in total. The second-order valence-corrected chi connectivity index (χ2v) is 1.94. The van der Waals surface area contributed by atoms with Gasteiger partial charge in [-0.05, 0) is 0 Å². The SMILES string of the molecule is NC(=O)c1cc(CCl)on1. The standard InChI is InChI=1S/C5H5ClN2O2/c6-2-3-1-4(5(7)9)8-10-3/h1H,2H2,(H2,7,9). The largest absolute Gasteiger partial charge is 0.364 e. The Hall–Kier alpha value is -1.03. The molecule has 0 spiro atoms. The van der Waals surface area contributed by atoms with Gasteiger partial charge < -0.3 is 10.3 Å². The molecule has 0 atom stereocenters. The monoisotopic (exact) mass is 160 g/mol. The Morgan fingerprint density at radius 1 is 1.90 bits per heavy atom. The number of carbonyl (C=O) groups is 1. The van der Waals surface area contributed by atoms with Gasteiger partial charge in [0.2, 0.25) is 0 Å². The Kier molecular flexibility index (Phi) is 1.91. The minimum Gasteiger partial charge on any atom is -0.364 e. The lowest BCUT2D eigenvalue weighted by Gasteiger charge is -1.77. The molecule has 5 heteroatoms. The molecule has 0 saturated carbocycles. The van der Waals surface area contributed by atoms with Gasteiger partial charge in [-0.15, -0.1) is 11.6 Å². The lowest BCUT2D eigenvalue weighted by molar-refractivity contribution is 0.0991. The minimum absolute atomic E-state index is 0.107. The molecule has 1 aromatic rings. The number of nitrogens with two attached hydrogens (primary N) is 1. The highest BCUT2D eigenvalue weighted by Gasteiger charge is 2.06. The molecule has 1 heterocycles. The number of nitrogens with zero attached hydrogens (tertiary/aromatic N) is 1. The zero-order valence-corrected chi connectivity index (χ0v) is 5.76. The molecule has 10 heavy (non-hydrogen) atoms. The summed E-state index contributed by atoms with van der Waals surface area (Å²) in [5, 5.41) is 3.35. The quantitative estimate of drug-likeness (QED) is 0.641. The first-order valence-electron chi connectivity index (χ1n) is 2.55. The normalized spacial score (nSPS) is 9.70. The number of carbonyl (C=O) groups excluding carboxylic acids is 1. The van der Waals surface area contributed by atoms with Crippen LogP contribution in [-0.4, -0.2) is 11.1 Å². The van der Waals surface area contributed by atoms with Crippen molar-refractivity contribution in [1.82, 2.24) is 5.16 Å². The van der Waals surface area contributed by atoms with Gasteiger partial charge in [0.15, 0.2) is 11.5 Å². The Labute approximate surface area is 61.9 Å². The summed E-state index contributed by atoms with van der Waals surface area (Å²) in [5.41, 5.74) is 4.98. The van der Waals surface area contributed by atoms with E-state index in [9.17, 15) is 4.79 Å². The molecule has 0 fully saturated rings. The average Bonchev–Trinajstić information content (AvgIpc) is 2.34. The molecule has 0 radical (unpaired) electrons. The van der Waals surface area contributed by atoms with Crippen LogP contribution < -0.4 is 5.73 Å². The van der Waals surface area contributed by atoms with Gasteiger partial charge in [-0.2, -0.15) is 0 Å². The predicted octanol–water partition coefficient (Wildman–Crippen LogP) is 0.512. The van der Waals surface area contributed by atoms with E-state index in [1.807, 2.05) is 0 Å². The Bertz CT molecular complexity index is 246.